The van der Waals surface area contributed by atoms with Gasteiger partial charge in [0.25, 0.3) is 0 Å². The molecule has 2 aromatic heterocycles. The van der Waals surface area contributed by atoms with Gasteiger partial charge >= 0.3 is 0 Å². The van der Waals surface area contributed by atoms with Crippen molar-refractivity contribution in [2.45, 2.75) is 0 Å². The van der Waals surface area contributed by atoms with Gasteiger partial charge in [-0.05, 0) is 18.2 Å². The van der Waals surface area contributed by atoms with Crippen molar-refractivity contribution >= 4 is 21.9 Å². The molecule has 3 aromatic carbocycles. The molecule has 1 radical (unpaired) electrons. The van der Waals surface area contributed by atoms with E-state index in [2.05, 4.69) is 27.8 Å². The molecular formula is C21H13IrN2O-. The predicted octanol–water partition coefficient (Wildman–Crippen LogP) is 5.24. The molecule has 0 saturated carbocycles. The second kappa shape index (κ2) is 6.32. The third-order valence-corrected chi connectivity index (χ3v) is 4.23. The quantitative estimate of drug-likeness (QED) is 0.310. The number of nitrogens with zero attached hydrogens (tertiary/aromatic N) is 2. The normalized spacial score (nSPS) is 10.9. The zero-order valence-electron chi connectivity index (χ0n) is 13.1. The van der Waals surface area contributed by atoms with E-state index in [1.54, 1.807) is 0 Å². The molecule has 0 bridgehead atoms. The van der Waals surface area contributed by atoms with Crippen LogP contribution >= 0.6 is 0 Å². The van der Waals surface area contributed by atoms with E-state index in [-0.39, 0.29) is 20.1 Å². The Morgan fingerprint density at radius 2 is 1.72 bits per heavy atom. The second-order valence-electron chi connectivity index (χ2n) is 5.65. The summed E-state index contributed by atoms with van der Waals surface area (Å²) in [4.78, 5) is 4.54. The summed E-state index contributed by atoms with van der Waals surface area (Å²) in [5.74, 6) is 0.869. The molecule has 0 aliphatic heterocycles. The average molecular weight is 502 g/mol. The Morgan fingerprint density at radius 1 is 0.880 bits per heavy atom. The van der Waals surface area contributed by atoms with Crippen LogP contribution in [0.1, 0.15) is 0 Å². The van der Waals surface area contributed by atoms with Gasteiger partial charge in [-0.1, -0.05) is 24.3 Å². The smallest absolute Gasteiger partial charge is 0.137 e. The van der Waals surface area contributed by atoms with Crippen molar-refractivity contribution in [2.24, 2.45) is 0 Å². The summed E-state index contributed by atoms with van der Waals surface area (Å²) in [6.45, 7) is 0. The van der Waals surface area contributed by atoms with E-state index in [1.807, 2.05) is 67.0 Å². The maximum absolute atomic E-state index is 6.00. The zero-order valence-corrected chi connectivity index (χ0v) is 15.5. The SMILES string of the molecule is [Ir].[c-]1ccccc1-c1nccn1-c1cccc2oc3ccccc3c12. The van der Waals surface area contributed by atoms with E-state index in [4.69, 9.17) is 4.42 Å². The number of hydrogen-bond acceptors (Lipinski definition) is 2. The summed E-state index contributed by atoms with van der Waals surface area (Å²) in [5, 5.41) is 2.21. The standard InChI is InChI=1S/C21H13N2O.Ir/c1-2-7-15(8-3-1)21-22-13-14-23(21)17-10-6-12-19-20(17)16-9-4-5-11-18(16)24-19;/h1-7,9-14H;/q-1;. The first-order chi connectivity index (χ1) is 11.9. The van der Waals surface area contributed by atoms with Gasteiger partial charge in [0.2, 0.25) is 0 Å². The van der Waals surface area contributed by atoms with Crippen molar-refractivity contribution in [3.63, 3.8) is 0 Å². The van der Waals surface area contributed by atoms with Crippen LogP contribution in [0.25, 0.3) is 39.0 Å². The number of para-hydroxylation sites is 1. The maximum atomic E-state index is 6.00. The molecule has 0 saturated heterocycles. The number of fused-ring (bicyclic) bond motifs is 3. The van der Waals surface area contributed by atoms with E-state index in [9.17, 15) is 0 Å². The second-order valence-corrected chi connectivity index (χ2v) is 5.65. The molecule has 5 rings (SSSR count). The summed E-state index contributed by atoms with van der Waals surface area (Å²) in [5.41, 5.74) is 3.80. The number of furan rings is 1. The minimum absolute atomic E-state index is 0. The molecule has 2 heterocycles. The fraction of sp³-hybridized carbons (Fsp3) is 0. The molecule has 0 unspecified atom stereocenters. The first-order valence-corrected chi connectivity index (χ1v) is 7.83. The molecule has 0 aliphatic carbocycles. The van der Waals surface area contributed by atoms with Gasteiger partial charge in [0.05, 0.1) is 11.2 Å². The number of aromatic nitrogens is 2. The van der Waals surface area contributed by atoms with Gasteiger partial charge in [0.15, 0.2) is 0 Å². The summed E-state index contributed by atoms with van der Waals surface area (Å²) in [6, 6.07) is 25.4. The Hall–Kier alpha value is -2.68. The molecule has 0 atom stereocenters. The van der Waals surface area contributed by atoms with Crippen molar-refractivity contribution < 1.29 is 24.5 Å². The van der Waals surface area contributed by atoms with E-state index in [1.165, 1.54) is 0 Å². The van der Waals surface area contributed by atoms with Crippen LogP contribution in [0.2, 0.25) is 0 Å². The zero-order chi connectivity index (χ0) is 15.9. The number of rotatable bonds is 2. The van der Waals surface area contributed by atoms with Gasteiger partial charge in [-0.3, -0.25) is 4.98 Å². The van der Waals surface area contributed by atoms with Crippen molar-refractivity contribution in [1.82, 2.24) is 9.55 Å². The maximum Gasteiger partial charge on any atom is 0.137 e. The average Bonchev–Trinajstić information content (AvgIpc) is 3.27. The van der Waals surface area contributed by atoms with Crippen LogP contribution in [-0.2, 0) is 20.1 Å². The summed E-state index contributed by atoms with van der Waals surface area (Å²) < 4.78 is 8.09. The van der Waals surface area contributed by atoms with Crippen LogP contribution in [0.15, 0.2) is 83.5 Å². The van der Waals surface area contributed by atoms with E-state index in [0.717, 1.165) is 39.0 Å². The Balaban J connectivity index is 0.00000157. The van der Waals surface area contributed by atoms with Crippen LogP contribution in [-0.4, -0.2) is 9.55 Å². The van der Waals surface area contributed by atoms with E-state index >= 15 is 0 Å². The van der Waals surface area contributed by atoms with Crippen molar-refractivity contribution in [3.05, 3.63) is 85.2 Å². The van der Waals surface area contributed by atoms with Crippen molar-refractivity contribution in [2.75, 3.05) is 0 Å². The number of imidazole rings is 1. The van der Waals surface area contributed by atoms with Gasteiger partial charge in [0, 0.05) is 43.6 Å². The van der Waals surface area contributed by atoms with Gasteiger partial charge in [-0.25, -0.2) is 0 Å². The summed E-state index contributed by atoms with van der Waals surface area (Å²) in [6.07, 6.45) is 3.80. The molecule has 4 heteroatoms. The van der Waals surface area contributed by atoms with Gasteiger partial charge in [-0.2, -0.15) is 0 Å². The summed E-state index contributed by atoms with van der Waals surface area (Å²) >= 11 is 0. The van der Waals surface area contributed by atoms with Gasteiger partial charge in [0.1, 0.15) is 11.2 Å². The molecule has 5 aromatic rings. The van der Waals surface area contributed by atoms with Gasteiger partial charge in [-0.15, -0.1) is 35.9 Å². The Kier molecular flexibility index (Phi) is 4.00. The molecule has 3 nitrogen and oxygen atoms in total. The topological polar surface area (TPSA) is 31.0 Å². The molecule has 0 amide bonds. The van der Waals surface area contributed by atoms with Crippen LogP contribution in [0.4, 0.5) is 0 Å². The van der Waals surface area contributed by atoms with Crippen LogP contribution < -0.4 is 0 Å². The molecule has 25 heavy (non-hydrogen) atoms. The van der Waals surface area contributed by atoms with Crippen molar-refractivity contribution in [3.8, 4) is 17.1 Å². The molecule has 0 N–H and O–H groups in total. The molecule has 123 valence electrons. The molecular weight excluding hydrogens is 488 g/mol. The monoisotopic (exact) mass is 502 g/mol. The van der Waals surface area contributed by atoms with E-state index in [0.29, 0.717) is 0 Å². The third-order valence-electron chi connectivity index (χ3n) is 4.23. The molecule has 0 spiro atoms. The minimum atomic E-state index is 0. The van der Waals surface area contributed by atoms with Crippen LogP contribution in [0.3, 0.4) is 0 Å². The largest absolute Gasteiger partial charge is 0.456 e. The Morgan fingerprint density at radius 3 is 2.60 bits per heavy atom. The molecule has 0 fully saturated rings. The summed E-state index contributed by atoms with van der Waals surface area (Å²) in [7, 11) is 0. The molecule has 0 aliphatic rings. The third kappa shape index (κ3) is 2.51. The first-order valence-electron chi connectivity index (χ1n) is 7.83. The minimum Gasteiger partial charge on any atom is -0.456 e. The number of hydrogen-bond donors (Lipinski definition) is 0. The predicted molar refractivity (Wildman–Crippen MR) is 95.1 cm³/mol. The van der Waals surface area contributed by atoms with Crippen LogP contribution in [0, 0.1) is 6.07 Å². The van der Waals surface area contributed by atoms with E-state index < -0.39 is 0 Å². The first kappa shape index (κ1) is 15.8. The Bertz CT molecular complexity index is 1160. The van der Waals surface area contributed by atoms with Crippen molar-refractivity contribution in [1.29, 1.82) is 0 Å². The fourth-order valence-corrected chi connectivity index (χ4v) is 3.19. The number of benzene rings is 3. The van der Waals surface area contributed by atoms with Gasteiger partial charge < -0.3 is 8.98 Å². The fourth-order valence-electron chi connectivity index (χ4n) is 3.19. The Labute approximate surface area is 158 Å². The van der Waals surface area contributed by atoms with Crippen LogP contribution in [0.5, 0.6) is 0 Å².